The molecule has 3 nitrogen and oxygen atoms in total. The average Bonchev–Trinajstić information content (AvgIpc) is 3.08. The maximum Gasteiger partial charge on any atom is 0.137 e. The normalized spacial score (nSPS) is 29.6. The predicted molar refractivity (Wildman–Crippen MR) is 80.8 cm³/mol. The first-order valence-electron chi connectivity index (χ1n) is 8.05. The molecule has 0 radical (unpaired) electrons. The molecule has 2 bridgehead atoms. The molecule has 110 valence electrons. The summed E-state index contributed by atoms with van der Waals surface area (Å²) in [5.74, 6) is 3.80. The van der Waals surface area contributed by atoms with Crippen molar-refractivity contribution >= 4 is 0 Å². The van der Waals surface area contributed by atoms with Crippen molar-refractivity contribution in [3.63, 3.8) is 0 Å². The van der Waals surface area contributed by atoms with E-state index in [-0.39, 0.29) is 0 Å². The Hall–Kier alpha value is -1.09. The lowest BCUT2D eigenvalue weighted by molar-refractivity contribution is 0.283. The Morgan fingerprint density at radius 3 is 2.90 bits per heavy atom. The van der Waals surface area contributed by atoms with Crippen molar-refractivity contribution in [2.45, 2.75) is 45.1 Å². The molecule has 2 saturated carbocycles. The molecule has 1 N–H and O–H groups in total. The van der Waals surface area contributed by atoms with Crippen LogP contribution in [-0.2, 0) is 0 Å². The fourth-order valence-electron chi connectivity index (χ4n) is 4.26. The molecule has 4 unspecified atom stereocenters. The number of ether oxygens (including phenoxy) is 1. The third kappa shape index (κ3) is 2.83. The number of rotatable bonds is 6. The van der Waals surface area contributed by atoms with Crippen LogP contribution in [0.4, 0.5) is 0 Å². The van der Waals surface area contributed by atoms with Crippen LogP contribution in [0.1, 0.15) is 50.6 Å². The summed E-state index contributed by atoms with van der Waals surface area (Å²) in [6, 6.07) is 2.55. The van der Waals surface area contributed by atoms with Gasteiger partial charge in [0, 0.05) is 12.2 Å². The van der Waals surface area contributed by atoms with E-state index in [2.05, 4.69) is 23.4 Å². The molecule has 1 heterocycles. The minimum atomic E-state index is 0.409. The van der Waals surface area contributed by atoms with Crippen LogP contribution in [0.3, 0.4) is 0 Å². The van der Waals surface area contributed by atoms with E-state index in [0.717, 1.165) is 23.5 Å². The highest BCUT2D eigenvalue weighted by Gasteiger charge is 2.40. The van der Waals surface area contributed by atoms with Crippen LogP contribution in [0.2, 0.25) is 0 Å². The van der Waals surface area contributed by atoms with Crippen LogP contribution < -0.4 is 10.1 Å². The van der Waals surface area contributed by atoms with Crippen molar-refractivity contribution in [3.05, 3.63) is 24.0 Å². The lowest BCUT2D eigenvalue weighted by Gasteiger charge is -2.26. The van der Waals surface area contributed by atoms with Gasteiger partial charge in [-0.1, -0.05) is 6.42 Å². The monoisotopic (exact) mass is 274 g/mol. The quantitative estimate of drug-likeness (QED) is 0.861. The predicted octanol–water partition coefficient (Wildman–Crippen LogP) is 3.57. The van der Waals surface area contributed by atoms with Crippen LogP contribution in [0.15, 0.2) is 18.5 Å². The summed E-state index contributed by atoms with van der Waals surface area (Å²) in [4.78, 5) is 4.33. The maximum atomic E-state index is 5.57. The summed E-state index contributed by atoms with van der Waals surface area (Å²) in [7, 11) is 2.06. The summed E-state index contributed by atoms with van der Waals surface area (Å²) >= 11 is 0. The molecule has 3 rings (SSSR count). The van der Waals surface area contributed by atoms with Gasteiger partial charge in [-0.2, -0.15) is 0 Å². The van der Waals surface area contributed by atoms with Crippen LogP contribution in [0.25, 0.3) is 0 Å². The molecule has 0 saturated heterocycles. The first kappa shape index (κ1) is 13.9. The Balaban J connectivity index is 1.68. The van der Waals surface area contributed by atoms with Crippen molar-refractivity contribution in [3.8, 4) is 5.75 Å². The van der Waals surface area contributed by atoms with Gasteiger partial charge < -0.3 is 10.1 Å². The van der Waals surface area contributed by atoms with Gasteiger partial charge in [-0.3, -0.25) is 4.98 Å². The average molecular weight is 274 g/mol. The summed E-state index contributed by atoms with van der Waals surface area (Å²) in [5, 5.41) is 3.48. The van der Waals surface area contributed by atoms with Crippen molar-refractivity contribution < 1.29 is 4.74 Å². The van der Waals surface area contributed by atoms with E-state index in [1.165, 1.54) is 37.7 Å². The van der Waals surface area contributed by atoms with E-state index in [1.807, 2.05) is 13.1 Å². The lowest BCUT2D eigenvalue weighted by atomic mass is 9.83. The SMILES string of the molecule is CCOc1cncc(C(CC2CC3CCC2C3)NC)c1. The minimum absolute atomic E-state index is 0.409. The maximum absolute atomic E-state index is 5.57. The Morgan fingerprint density at radius 2 is 2.25 bits per heavy atom. The molecule has 0 spiro atoms. The summed E-state index contributed by atoms with van der Waals surface area (Å²) < 4.78 is 5.57. The topological polar surface area (TPSA) is 34.1 Å². The van der Waals surface area contributed by atoms with Gasteiger partial charge in [0.15, 0.2) is 0 Å². The van der Waals surface area contributed by atoms with Gasteiger partial charge >= 0.3 is 0 Å². The van der Waals surface area contributed by atoms with Gasteiger partial charge in [-0.25, -0.2) is 0 Å². The molecule has 1 aromatic rings. The minimum Gasteiger partial charge on any atom is -0.492 e. The molecule has 20 heavy (non-hydrogen) atoms. The van der Waals surface area contributed by atoms with Crippen LogP contribution in [0, 0.1) is 17.8 Å². The largest absolute Gasteiger partial charge is 0.492 e. The zero-order chi connectivity index (χ0) is 13.9. The summed E-state index contributed by atoms with van der Waals surface area (Å²) in [5.41, 5.74) is 1.27. The molecule has 4 atom stereocenters. The number of nitrogens with one attached hydrogen (secondary N) is 1. The number of hydrogen-bond acceptors (Lipinski definition) is 3. The standard InChI is InChI=1S/C17H26N2O/c1-3-20-16-8-15(10-19-11-16)17(18-2)9-14-7-12-4-5-13(14)6-12/h8,10-14,17-18H,3-7,9H2,1-2H3. The Morgan fingerprint density at radius 1 is 1.35 bits per heavy atom. The van der Waals surface area contributed by atoms with E-state index in [0.29, 0.717) is 12.6 Å². The number of fused-ring (bicyclic) bond motifs is 2. The second-order valence-electron chi connectivity index (χ2n) is 6.40. The van der Waals surface area contributed by atoms with Crippen LogP contribution in [0.5, 0.6) is 5.75 Å². The Labute approximate surface area is 122 Å². The molecule has 2 aliphatic carbocycles. The highest BCUT2D eigenvalue weighted by Crippen LogP contribution is 2.50. The zero-order valence-corrected chi connectivity index (χ0v) is 12.6. The molecule has 2 fully saturated rings. The summed E-state index contributed by atoms with van der Waals surface area (Å²) in [6.07, 6.45) is 10.9. The molecule has 0 aliphatic heterocycles. The molecule has 2 aliphatic rings. The fourth-order valence-corrected chi connectivity index (χ4v) is 4.26. The number of pyridine rings is 1. The molecule has 0 aromatic carbocycles. The van der Waals surface area contributed by atoms with Gasteiger partial charge in [0.1, 0.15) is 5.75 Å². The van der Waals surface area contributed by atoms with Gasteiger partial charge in [0.25, 0.3) is 0 Å². The van der Waals surface area contributed by atoms with Gasteiger partial charge in [0.05, 0.1) is 12.8 Å². The van der Waals surface area contributed by atoms with E-state index < -0.39 is 0 Å². The third-order valence-corrected chi connectivity index (χ3v) is 5.22. The number of nitrogens with zero attached hydrogens (tertiary/aromatic N) is 1. The smallest absolute Gasteiger partial charge is 0.137 e. The molecule has 0 amide bonds. The second-order valence-corrected chi connectivity index (χ2v) is 6.40. The lowest BCUT2D eigenvalue weighted by Crippen LogP contribution is -2.22. The van der Waals surface area contributed by atoms with Crippen molar-refractivity contribution in [2.75, 3.05) is 13.7 Å². The Kier molecular flexibility index (Phi) is 4.25. The Bertz CT molecular complexity index is 448. The van der Waals surface area contributed by atoms with E-state index in [4.69, 9.17) is 4.74 Å². The van der Waals surface area contributed by atoms with E-state index >= 15 is 0 Å². The van der Waals surface area contributed by atoms with Crippen LogP contribution >= 0.6 is 0 Å². The van der Waals surface area contributed by atoms with E-state index in [1.54, 1.807) is 6.20 Å². The highest BCUT2D eigenvalue weighted by atomic mass is 16.5. The summed E-state index contributed by atoms with van der Waals surface area (Å²) in [6.45, 7) is 2.71. The molecular weight excluding hydrogens is 248 g/mol. The van der Waals surface area contributed by atoms with Gasteiger partial charge in [-0.05, 0) is 69.0 Å². The number of aromatic nitrogens is 1. The zero-order valence-electron chi connectivity index (χ0n) is 12.6. The highest BCUT2D eigenvalue weighted by molar-refractivity contribution is 5.26. The molecule has 1 aromatic heterocycles. The van der Waals surface area contributed by atoms with Crippen LogP contribution in [-0.4, -0.2) is 18.6 Å². The molecule has 3 heteroatoms. The van der Waals surface area contributed by atoms with Crippen molar-refractivity contribution in [1.29, 1.82) is 0 Å². The first-order valence-corrected chi connectivity index (χ1v) is 8.05. The third-order valence-electron chi connectivity index (χ3n) is 5.22. The van der Waals surface area contributed by atoms with Crippen molar-refractivity contribution in [2.24, 2.45) is 17.8 Å². The second kappa shape index (κ2) is 6.13. The van der Waals surface area contributed by atoms with E-state index in [9.17, 15) is 0 Å². The van der Waals surface area contributed by atoms with Crippen molar-refractivity contribution in [1.82, 2.24) is 10.3 Å². The first-order chi connectivity index (χ1) is 9.80. The number of hydrogen-bond donors (Lipinski definition) is 1. The molecular formula is C17H26N2O. The fraction of sp³-hybridized carbons (Fsp3) is 0.706. The van der Waals surface area contributed by atoms with Gasteiger partial charge in [0.2, 0.25) is 0 Å². The van der Waals surface area contributed by atoms with Gasteiger partial charge in [-0.15, -0.1) is 0 Å².